The first-order chi connectivity index (χ1) is 16.1. The normalized spacial score (nSPS) is 15.5. The summed E-state index contributed by atoms with van der Waals surface area (Å²) in [5.74, 6) is 1.10. The van der Waals surface area contributed by atoms with E-state index in [1.807, 2.05) is 30.3 Å². The summed E-state index contributed by atoms with van der Waals surface area (Å²) >= 11 is 12.3. The molecule has 33 heavy (non-hydrogen) atoms. The van der Waals surface area contributed by atoms with E-state index in [0.717, 1.165) is 50.5 Å². The average molecular weight is 484 g/mol. The van der Waals surface area contributed by atoms with Gasteiger partial charge in [0.15, 0.2) is 0 Å². The first kappa shape index (κ1) is 22.3. The summed E-state index contributed by atoms with van der Waals surface area (Å²) in [5.41, 5.74) is 3.21. The average Bonchev–Trinajstić information content (AvgIpc) is 3.42. The minimum Gasteiger partial charge on any atom is -0.309 e. The molecule has 6 nitrogen and oxygen atoms in total. The van der Waals surface area contributed by atoms with Crippen LogP contribution in [0, 0.1) is 0 Å². The number of rotatable bonds is 6. The van der Waals surface area contributed by atoms with Gasteiger partial charge in [0.2, 0.25) is 11.7 Å². The predicted molar refractivity (Wildman–Crippen MR) is 134 cm³/mol. The highest BCUT2D eigenvalue weighted by Crippen LogP contribution is 2.31. The second kappa shape index (κ2) is 9.37. The maximum atomic E-state index is 12.8. The molecule has 2 aromatic carbocycles. The van der Waals surface area contributed by atoms with E-state index in [4.69, 9.17) is 23.2 Å². The lowest BCUT2D eigenvalue weighted by Gasteiger charge is -2.38. The van der Waals surface area contributed by atoms with E-state index in [1.54, 1.807) is 12.1 Å². The van der Waals surface area contributed by atoms with Gasteiger partial charge in [-0.3, -0.25) is 9.20 Å². The summed E-state index contributed by atoms with van der Waals surface area (Å²) in [6, 6.07) is 14.0. The molecule has 5 rings (SSSR count). The molecule has 0 aliphatic carbocycles. The molecule has 1 fully saturated rings. The Labute approximate surface area is 203 Å². The fourth-order valence-corrected chi connectivity index (χ4v) is 5.21. The maximum Gasteiger partial charge on any atom is 0.226 e. The number of carbonyl (C=O) groups is 1. The summed E-state index contributed by atoms with van der Waals surface area (Å²) in [6.07, 6.45) is 6.18. The van der Waals surface area contributed by atoms with Crippen molar-refractivity contribution in [3.05, 3.63) is 64.9 Å². The van der Waals surface area contributed by atoms with Gasteiger partial charge in [0.1, 0.15) is 0 Å². The fourth-order valence-electron chi connectivity index (χ4n) is 4.91. The highest BCUT2D eigenvalue weighted by Gasteiger charge is 2.29. The number of piperidine rings is 1. The number of para-hydroxylation sites is 2. The molecule has 172 valence electrons. The van der Waals surface area contributed by atoms with E-state index in [9.17, 15) is 4.79 Å². The highest BCUT2D eigenvalue weighted by atomic mass is 35.5. The van der Waals surface area contributed by atoms with Crippen molar-refractivity contribution in [3.8, 4) is 0 Å². The maximum absolute atomic E-state index is 12.8. The van der Waals surface area contributed by atoms with Crippen molar-refractivity contribution in [2.45, 2.75) is 38.8 Å². The standard InChI is InChI=1S/C25H27Cl2N5O/c1-2-24(33)32(19-7-8-20(26)21(27)17-19)18-9-12-29(13-10-18)15-16-31-23-6-4-3-5-22(23)30-14-11-28-25(30)31/h3-8,11,14,17-18H,2,9-10,12-13,15-16H2,1H3. The molecule has 0 atom stereocenters. The number of hydrogen-bond donors (Lipinski definition) is 0. The van der Waals surface area contributed by atoms with Crippen LogP contribution in [0.25, 0.3) is 16.8 Å². The largest absolute Gasteiger partial charge is 0.309 e. The Kier molecular flexibility index (Phi) is 6.32. The number of imidazole rings is 2. The minimum absolute atomic E-state index is 0.118. The Morgan fingerprint density at radius 2 is 1.82 bits per heavy atom. The number of anilines is 1. The number of halogens is 2. The van der Waals surface area contributed by atoms with E-state index >= 15 is 0 Å². The molecule has 0 saturated carbocycles. The van der Waals surface area contributed by atoms with Crippen molar-refractivity contribution in [1.29, 1.82) is 0 Å². The number of fused-ring (bicyclic) bond motifs is 3. The van der Waals surface area contributed by atoms with Crippen molar-refractivity contribution in [3.63, 3.8) is 0 Å². The number of nitrogens with zero attached hydrogens (tertiary/aromatic N) is 5. The van der Waals surface area contributed by atoms with Gasteiger partial charge in [0.05, 0.1) is 21.1 Å². The van der Waals surface area contributed by atoms with Crippen LogP contribution in [0.4, 0.5) is 5.69 Å². The lowest BCUT2D eigenvalue weighted by atomic mass is 10.0. The molecule has 1 aliphatic rings. The van der Waals surface area contributed by atoms with E-state index in [-0.39, 0.29) is 11.9 Å². The predicted octanol–water partition coefficient (Wildman–Crippen LogP) is 5.50. The molecular formula is C25H27Cl2N5O. The van der Waals surface area contributed by atoms with Gasteiger partial charge in [-0.05, 0) is 43.2 Å². The molecule has 1 amide bonds. The molecule has 0 unspecified atom stereocenters. The smallest absolute Gasteiger partial charge is 0.226 e. The second-order valence-electron chi connectivity index (χ2n) is 8.53. The number of benzene rings is 2. The van der Waals surface area contributed by atoms with Crippen molar-refractivity contribution in [2.24, 2.45) is 0 Å². The molecule has 1 aliphatic heterocycles. The Hall–Kier alpha value is -2.54. The quantitative estimate of drug-likeness (QED) is 0.363. The lowest BCUT2D eigenvalue weighted by Crippen LogP contribution is -2.48. The van der Waals surface area contributed by atoms with Gasteiger partial charge in [-0.2, -0.15) is 0 Å². The van der Waals surface area contributed by atoms with Crippen molar-refractivity contribution < 1.29 is 4.79 Å². The summed E-state index contributed by atoms with van der Waals surface area (Å²) in [7, 11) is 0. The molecule has 0 N–H and O–H groups in total. The molecule has 0 spiro atoms. The first-order valence-electron chi connectivity index (χ1n) is 11.5. The van der Waals surface area contributed by atoms with E-state index < -0.39 is 0 Å². The third-order valence-electron chi connectivity index (χ3n) is 6.61. The minimum atomic E-state index is 0.118. The highest BCUT2D eigenvalue weighted by molar-refractivity contribution is 6.42. The Bertz CT molecular complexity index is 1290. The van der Waals surface area contributed by atoms with Crippen LogP contribution in [0.15, 0.2) is 54.9 Å². The topological polar surface area (TPSA) is 45.8 Å². The van der Waals surface area contributed by atoms with E-state index in [0.29, 0.717) is 16.5 Å². The van der Waals surface area contributed by atoms with Crippen LogP contribution < -0.4 is 4.90 Å². The zero-order valence-corrected chi connectivity index (χ0v) is 20.1. The van der Waals surface area contributed by atoms with Gasteiger partial charge in [0.25, 0.3) is 0 Å². The number of likely N-dealkylation sites (tertiary alicyclic amines) is 1. The van der Waals surface area contributed by atoms with Crippen LogP contribution in [0.3, 0.4) is 0 Å². The zero-order valence-electron chi connectivity index (χ0n) is 18.6. The van der Waals surface area contributed by atoms with Crippen LogP contribution in [-0.4, -0.2) is 50.4 Å². The van der Waals surface area contributed by atoms with Gasteiger partial charge in [0, 0.05) is 56.7 Å². The number of aromatic nitrogens is 3. The zero-order chi connectivity index (χ0) is 22.9. The monoisotopic (exact) mass is 483 g/mol. The molecule has 1 saturated heterocycles. The molecule has 0 radical (unpaired) electrons. The molecule has 4 aromatic rings. The fraction of sp³-hybridized carbons (Fsp3) is 0.360. The van der Waals surface area contributed by atoms with Crippen LogP contribution in [0.1, 0.15) is 26.2 Å². The summed E-state index contributed by atoms with van der Waals surface area (Å²) in [6.45, 7) is 5.62. The molecular weight excluding hydrogens is 457 g/mol. The second-order valence-corrected chi connectivity index (χ2v) is 9.34. The molecule has 0 bridgehead atoms. The third-order valence-corrected chi connectivity index (χ3v) is 7.35. The van der Waals surface area contributed by atoms with Gasteiger partial charge in [-0.15, -0.1) is 0 Å². The van der Waals surface area contributed by atoms with Gasteiger partial charge in [-0.25, -0.2) is 4.98 Å². The van der Waals surface area contributed by atoms with Crippen LogP contribution >= 0.6 is 23.2 Å². The Balaban J connectivity index is 1.27. The van der Waals surface area contributed by atoms with Crippen molar-refractivity contribution >= 4 is 51.6 Å². The number of carbonyl (C=O) groups excluding carboxylic acids is 1. The van der Waals surface area contributed by atoms with Gasteiger partial charge >= 0.3 is 0 Å². The van der Waals surface area contributed by atoms with Crippen LogP contribution in [-0.2, 0) is 11.3 Å². The number of hydrogen-bond acceptors (Lipinski definition) is 3. The van der Waals surface area contributed by atoms with Gasteiger partial charge < -0.3 is 14.4 Å². The van der Waals surface area contributed by atoms with Crippen molar-refractivity contribution in [1.82, 2.24) is 18.9 Å². The summed E-state index contributed by atoms with van der Waals surface area (Å²) in [4.78, 5) is 21.8. The summed E-state index contributed by atoms with van der Waals surface area (Å²) < 4.78 is 4.44. The van der Waals surface area contributed by atoms with Crippen molar-refractivity contribution in [2.75, 3.05) is 24.5 Å². The van der Waals surface area contributed by atoms with E-state index in [1.165, 1.54) is 11.0 Å². The Morgan fingerprint density at radius 3 is 2.55 bits per heavy atom. The molecule has 2 aromatic heterocycles. The lowest BCUT2D eigenvalue weighted by molar-refractivity contribution is -0.119. The molecule has 3 heterocycles. The SMILES string of the molecule is CCC(=O)N(c1ccc(Cl)c(Cl)c1)C1CCN(CCn2c3ccccc3n3ccnc23)CC1. The molecule has 8 heteroatoms. The Morgan fingerprint density at radius 1 is 1.06 bits per heavy atom. The third kappa shape index (κ3) is 4.23. The van der Waals surface area contributed by atoms with E-state index in [2.05, 4.69) is 43.1 Å². The summed E-state index contributed by atoms with van der Waals surface area (Å²) in [5, 5.41) is 0.980. The van der Waals surface area contributed by atoms with Crippen LogP contribution in [0.5, 0.6) is 0 Å². The van der Waals surface area contributed by atoms with Gasteiger partial charge in [-0.1, -0.05) is 42.3 Å². The van der Waals surface area contributed by atoms with Crippen LogP contribution in [0.2, 0.25) is 10.0 Å². The number of amides is 1. The first-order valence-corrected chi connectivity index (χ1v) is 12.2.